The number of methoxy groups -OCH3 is 1. The van der Waals surface area contributed by atoms with Crippen LogP contribution in [0.4, 0.5) is 13.2 Å². The van der Waals surface area contributed by atoms with Crippen molar-refractivity contribution in [1.29, 1.82) is 0 Å². The second kappa shape index (κ2) is 8.48. The van der Waals surface area contributed by atoms with E-state index in [-0.39, 0.29) is 11.5 Å². The maximum absolute atomic E-state index is 12.5. The maximum atomic E-state index is 12.5. The molecule has 27 heavy (non-hydrogen) atoms. The van der Waals surface area contributed by atoms with Crippen LogP contribution in [0, 0.1) is 0 Å². The Morgan fingerprint density at radius 2 is 1.48 bits per heavy atom. The number of benzene rings is 2. The molecule has 0 heterocycles. The Bertz CT molecular complexity index is 796. The molecule has 0 saturated carbocycles. The lowest BCUT2D eigenvalue weighted by molar-refractivity contribution is -0.137. The van der Waals surface area contributed by atoms with Gasteiger partial charge in [0.15, 0.2) is 6.10 Å². The molecule has 144 valence electrons. The van der Waals surface area contributed by atoms with Gasteiger partial charge in [-0.3, -0.25) is 0 Å². The molecule has 1 N–H and O–H groups in total. The summed E-state index contributed by atoms with van der Waals surface area (Å²) in [5.74, 6) is 0.102. The minimum Gasteiger partial charge on any atom is -0.497 e. The van der Waals surface area contributed by atoms with E-state index in [1.807, 2.05) is 0 Å². The highest BCUT2D eigenvalue weighted by molar-refractivity contribution is 5.80. The Morgan fingerprint density at radius 3 is 1.93 bits per heavy atom. The number of hydrogen-bond acceptors (Lipinski definition) is 4. The highest BCUT2D eigenvalue weighted by Crippen LogP contribution is 2.31. The third kappa shape index (κ3) is 5.95. The number of carboxylic acid groups (broad SMARTS) is 1. The Labute approximate surface area is 153 Å². The fourth-order valence-electron chi connectivity index (χ4n) is 2.16. The largest absolute Gasteiger partial charge is 0.497 e. The van der Waals surface area contributed by atoms with Crippen LogP contribution in [0.1, 0.15) is 12.5 Å². The van der Waals surface area contributed by atoms with Gasteiger partial charge in [0.1, 0.15) is 23.0 Å². The zero-order valence-corrected chi connectivity index (χ0v) is 14.5. The van der Waals surface area contributed by atoms with E-state index in [0.29, 0.717) is 11.5 Å². The monoisotopic (exact) mass is 382 g/mol. The minimum absolute atomic E-state index is 0.146. The van der Waals surface area contributed by atoms with Crippen LogP contribution in [0.3, 0.4) is 0 Å². The first-order chi connectivity index (χ1) is 12.7. The van der Waals surface area contributed by atoms with E-state index >= 15 is 0 Å². The molecular weight excluding hydrogens is 365 g/mol. The highest BCUT2D eigenvalue weighted by Gasteiger charge is 2.30. The van der Waals surface area contributed by atoms with Crippen molar-refractivity contribution < 1.29 is 37.3 Å². The van der Waals surface area contributed by atoms with Crippen molar-refractivity contribution in [3.05, 3.63) is 65.9 Å². The number of carbonyl (C=O) groups is 1. The summed E-state index contributed by atoms with van der Waals surface area (Å²) in [4.78, 5) is 10.7. The summed E-state index contributed by atoms with van der Waals surface area (Å²) in [6.45, 7) is 1.63. The lowest BCUT2D eigenvalue weighted by Gasteiger charge is -2.17. The van der Waals surface area contributed by atoms with Crippen molar-refractivity contribution in [1.82, 2.24) is 0 Å². The summed E-state index contributed by atoms with van der Waals surface area (Å²) in [7, 11) is 1.34. The second-order valence-corrected chi connectivity index (χ2v) is 5.44. The van der Waals surface area contributed by atoms with Crippen LogP contribution < -0.4 is 9.47 Å². The molecule has 0 spiro atoms. The van der Waals surface area contributed by atoms with Crippen LogP contribution in [-0.4, -0.2) is 24.3 Å². The molecule has 1 atom stereocenters. The summed E-state index contributed by atoms with van der Waals surface area (Å²) < 4.78 is 53.7. The zero-order chi connectivity index (χ0) is 20.0. The number of hydrogen-bond donors (Lipinski definition) is 1. The van der Waals surface area contributed by atoms with Gasteiger partial charge < -0.3 is 19.3 Å². The smallest absolute Gasteiger partial charge is 0.416 e. The molecule has 5 nitrogen and oxygen atoms in total. The second-order valence-electron chi connectivity index (χ2n) is 5.44. The molecule has 2 rings (SSSR count). The van der Waals surface area contributed by atoms with Crippen LogP contribution in [0.2, 0.25) is 0 Å². The van der Waals surface area contributed by atoms with E-state index in [1.165, 1.54) is 19.2 Å². The van der Waals surface area contributed by atoms with Gasteiger partial charge in [-0.25, -0.2) is 4.79 Å². The molecule has 0 bridgehead atoms. The predicted molar refractivity (Wildman–Crippen MR) is 90.8 cm³/mol. The summed E-state index contributed by atoms with van der Waals surface area (Å²) >= 11 is 0. The molecule has 0 amide bonds. The van der Waals surface area contributed by atoms with Crippen LogP contribution in [0.15, 0.2) is 60.4 Å². The molecule has 0 radical (unpaired) electrons. The molecule has 1 unspecified atom stereocenters. The fourth-order valence-corrected chi connectivity index (χ4v) is 2.16. The van der Waals surface area contributed by atoms with Gasteiger partial charge in [0.05, 0.1) is 18.7 Å². The number of rotatable bonds is 7. The average molecular weight is 382 g/mol. The third-order valence-electron chi connectivity index (χ3n) is 3.46. The first-order valence-corrected chi connectivity index (χ1v) is 7.79. The molecule has 0 aliphatic rings. The van der Waals surface area contributed by atoms with Crippen molar-refractivity contribution in [2.45, 2.75) is 19.2 Å². The summed E-state index contributed by atoms with van der Waals surface area (Å²) in [5.41, 5.74) is -0.754. The van der Waals surface area contributed by atoms with Gasteiger partial charge in [0.2, 0.25) is 0 Å². The zero-order valence-electron chi connectivity index (χ0n) is 14.5. The molecule has 0 fully saturated rings. The average Bonchev–Trinajstić information content (AvgIpc) is 2.60. The number of aliphatic carboxylic acids is 1. The van der Waals surface area contributed by atoms with Gasteiger partial charge >= 0.3 is 12.1 Å². The summed E-state index contributed by atoms with van der Waals surface area (Å²) in [6, 6.07) is 10.7. The molecule has 2 aromatic rings. The first-order valence-electron chi connectivity index (χ1n) is 7.79. The van der Waals surface area contributed by atoms with Crippen molar-refractivity contribution >= 4 is 5.97 Å². The molecule has 0 aliphatic carbocycles. The Hall–Kier alpha value is -3.16. The van der Waals surface area contributed by atoms with Crippen LogP contribution >= 0.6 is 0 Å². The quantitative estimate of drug-likeness (QED) is 0.546. The van der Waals surface area contributed by atoms with Gasteiger partial charge in [0.25, 0.3) is 0 Å². The van der Waals surface area contributed by atoms with Crippen LogP contribution in [0.5, 0.6) is 17.2 Å². The van der Waals surface area contributed by atoms with Crippen molar-refractivity contribution in [3.63, 3.8) is 0 Å². The van der Waals surface area contributed by atoms with Crippen molar-refractivity contribution in [3.8, 4) is 17.2 Å². The van der Waals surface area contributed by atoms with Crippen molar-refractivity contribution in [2.24, 2.45) is 0 Å². The predicted octanol–water partition coefficient (Wildman–Crippen LogP) is 4.88. The SMILES string of the molecule is CO/C(=C\C(=O)O)C(C)Oc1ccc(Oc2ccc(C(F)(F)F)cc2)cc1. The number of ether oxygens (including phenoxy) is 3. The van der Waals surface area contributed by atoms with E-state index in [2.05, 4.69) is 0 Å². The molecule has 8 heteroatoms. The molecular formula is C19H17F3O5. The molecule has 2 aromatic carbocycles. The Morgan fingerprint density at radius 1 is 1.00 bits per heavy atom. The fraction of sp³-hybridized carbons (Fsp3) is 0.211. The van der Waals surface area contributed by atoms with Crippen LogP contribution in [0.25, 0.3) is 0 Å². The van der Waals surface area contributed by atoms with E-state index in [4.69, 9.17) is 19.3 Å². The van der Waals surface area contributed by atoms with Crippen molar-refractivity contribution in [2.75, 3.05) is 7.11 Å². The van der Waals surface area contributed by atoms with E-state index < -0.39 is 23.8 Å². The van der Waals surface area contributed by atoms with Gasteiger partial charge in [-0.2, -0.15) is 13.2 Å². The van der Waals surface area contributed by atoms with Crippen LogP contribution in [-0.2, 0) is 15.7 Å². The number of carboxylic acids is 1. The highest BCUT2D eigenvalue weighted by atomic mass is 19.4. The molecule has 0 aliphatic heterocycles. The number of alkyl halides is 3. The lowest BCUT2D eigenvalue weighted by Crippen LogP contribution is -2.17. The minimum atomic E-state index is -4.40. The summed E-state index contributed by atoms with van der Waals surface area (Å²) in [6.07, 6.45) is -4.12. The standard InChI is InChI=1S/C19H17F3O5/c1-12(17(25-2)11-18(23)24)26-14-7-9-16(10-8-14)27-15-5-3-13(4-6-15)19(20,21)22/h3-12H,1-2H3,(H,23,24)/b17-11-. The lowest BCUT2D eigenvalue weighted by atomic mass is 10.2. The van der Waals surface area contributed by atoms with Gasteiger partial charge in [-0.1, -0.05) is 0 Å². The van der Waals surface area contributed by atoms with Gasteiger partial charge in [0, 0.05) is 0 Å². The topological polar surface area (TPSA) is 65.0 Å². The van der Waals surface area contributed by atoms with E-state index in [0.717, 1.165) is 18.2 Å². The first kappa shape index (κ1) is 20.2. The van der Waals surface area contributed by atoms with Gasteiger partial charge in [-0.15, -0.1) is 0 Å². The Balaban J connectivity index is 2.02. The van der Waals surface area contributed by atoms with Gasteiger partial charge in [-0.05, 0) is 55.5 Å². The molecule has 0 saturated heterocycles. The maximum Gasteiger partial charge on any atom is 0.416 e. The third-order valence-corrected chi connectivity index (χ3v) is 3.46. The van der Waals surface area contributed by atoms with E-state index in [1.54, 1.807) is 31.2 Å². The summed E-state index contributed by atoms with van der Waals surface area (Å²) in [5, 5.41) is 8.78. The normalized spacial score (nSPS) is 13.0. The molecule has 0 aromatic heterocycles. The van der Waals surface area contributed by atoms with E-state index in [9.17, 15) is 18.0 Å². The number of halogens is 3. The Kier molecular flexibility index (Phi) is 6.33.